The lowest BCUT2D eigenvalue weighted by Gasteiger charge is -2.04. The van der Waals surface area contributed by atoms with E-state index in [1.165, 1.54) is 0 Å². The van der Waals surface area contributed by atoms with Crippen LogP contribution in [0, 0.1) is 0 Å². The maximum atomic E-state index is 11.6. The van der Waals surface area contributed by atoms with Gasteiger partial charge in [-0.25, -0.2) is 14.8 Å². The second-order valence-electron chi connectivity index (χ2n) is 1.93. The van der Waals surface area contributed by atoms with Crippen molar-refractivity contribution in [3.63, 3.8) is 0 Å². The predicted octanol–water partition coefficient (Wildman–Crippen LogP) is 0.944. The van der Waals surface area contributed by atoms with Crippen LogP contribution in [0.1, 0.15) is 0 Å². The molecule has 0 fully saturated rings. The van der Waals surface area contributed by atoms with Gasteiger partial charge in [0, 0.05) is 12.3 Å². The van der Waals surface area contributed by atoms with E-state index in [1.807, 2.05) is 0 Å². The summed E-state index contributed by atoms with van der Waals surface area (Å²) in [6.07, 6.45) is -2.88. The van der Waals surface area contributed by atoms with Crippen LogP contribution in [0.4, 0.5) is 13.2 Å². The van der Waals surface area contributed by atoms with E-state index in [4.69, 9.17) is 0 Å². The Hall–Kier alpha value is -1.66. The Labute approximate surface area is 70.4 Å². The minimum atomic E-state index is -5.01. The van der Waals surface area contributed by atoms with E-state index >= 15 is 0 Å². The number of carbonyl (C=O) groups excluding carboxylic acids is 1. The van der Waals surface area contributed by atoms with Gasteiger partial charge in [0.2, 0.25) is 5.88 Å². The summed E-state index contributed by atoms with van der Waals surface area (Å²) in [6, 6.07) is 1.05. The number of rotatable bonds is 1. The first-order valence-corrected chi connectivity index (χ1v) is 3.05. The molecule has 13 heavy (non-hydrogen) atoms. The molecule has 1 rings (SSSR count). The molecule has 0 saturated carbocycles. The zero-order chi connectivity index (χ0) is 9.90. The second-order valence-corrected chi connectivity index (χ2v) is 1.93. The summed E-state index contributed by atoms with van der Waals surface area (Å²) in [7, 11) is 0. The van der Waals surface area contributed by atoms with Crippen molar-refractivity contribution in [2.45, 2.75) is 6.18 Å². The molecule has 0 radical (unpaired) electrons. The number of nitrogens with zero attached hydrogens (tertiary/aromatic N) is 2. The molecule has 1 aromatic heterocycles. The van der Waals surface area contributed by atoms with Gasteiger partial charge in [-0.3, -0.25) is 0 Å². The standard InChI is InChI=1S/C6H3F3N2O2/c7-6(8,9)5(12)13-4-1-2-10-3-11-4/h1-3H. The molecule has 0 saturated heterocycles. The van der Waals surface area contributed by atoms with Crippen molar-refractivity contribution < 1.29 is 22.7 Å². The van der Waals surface area contributed by atoms with Gasteiger partial charge in [0.15, 0.2) is 0 Å². The molecular formula is C6H3F3N2O2. The molecule has 1 heterocycles. The molecule has 0 aliphatic carbocycles. The van der Waals surface area contributed by atoms with Crippen molar-refractivity contribution in [1.29, 1.82) is 0 Å². The highest BCUT2D eigenvalue weighted by atomic mass is 19.4. The molecule has 0 N–H and O–H groups in total. The lowest BCUT2D eigenvalue weighted by atomic mass is 10.6. The summed E-state index contributed by atoms with van der Waals surface area (Å²) in [5.41, 5.74) is 0. The van der Waals surface area contributed by atoms with E-state index < -0.39 is 18.0 Å². The summed E-state index contributed by atoms with van der Waals surface area (Å²) < 4.78 is 38.7. The first-order chi connectivity index (χ1) is 6.00. The van der Waals surface area contributed by atoms with Gasteiger partial charge in [-0.05, 0) is 0 Å². The number of aromatic nitrogens is 2. The van der Waals surface area contributed by atoms with Crippen molar-refractivity contribution in [3.8, 4) is 5.88 Å². The average molecular weight is 192 g/mol. The van der Waals surface area contributed by atoms with Crippen LogP contribution in [-0.2, 0) is 4.79 Å². The van der Waals surface area contributed by atoms with E-state index in [2.05, 4.69) is 14.7 Å². The summed E-state index contributed by atoms with van der Waals surface area (Å²) in [6.45, 7) is 0. The summed E-state index contributed by atoms with van der Waals surface area (Å²) >= 11 is 0. The lowest BCUT2D eigenvalue weighted by Crippen LogP contribution is -2.28. The topological polar surface area (TPSA) is 52.1 Å². The maximum absolute atomic E-state index is 11.6. The Morgan fingerprint density at radius 1 is 1.46 bits per heavy atom. The Balaban J connectivity index is 2.66. The van der Waals surface area contributed by atoms with Gasteiger partial charge < -0.3 is 4.74 Å². The molecule has 0 spiro atoms. The van der Waals surface area contributed by atoms with Gasteiger partial charge >= 0.3 is 12.1 Å². The second kappa shape index (κ2) is 3.38. The summed E-state index contributed by atoms with van der Waals surface area (Å²) in [5, 5.41) is 0. The third-order valence-corrected chi connectivity index (χ3v) is 0.984. The summed E-state index contributed by atoms with van der Waals surface area (Å²) in [4.78, 5) is 16.9. The highest BCUT2D eigenvalue weighted by Crippen LogP contribution is 2.17. The van der Waals surface area contributed by atoms with Crippen LogP contribution in [0.2, 0.25) is 0 Å². The number of esters is 1. The fourth-order valence-corrected chi connectivity index (χ4v) is 0.492. The number of hydrogen-bond donors (Lipinski definition) is 0. The van der Waals surface area contributed by atoms with Crippen LogP contribution in [0.3, 0.4) is 0 Å². The van der Waals surface area contributed by atoms with Crippen LogP contribution in [0.25, 0.3) is 0 Å². The van der Waals surface area contributed by atoms with Crippen molar-refractivity contribution >= 4 is 5.97 Å². The largest absolute Gasteiger partial charge is 0.491 e. The first-order valence-electron chi connectivity index (χ1n) is 3.05. The Kier molecular flexibility index (Phi) is 2.45. The van der Waals surface area contributed by atoms with Gasteiger partial charge in [-0.15, -0.1) is 0 Å². The quantitative estimate of drug-likeness (QED) is 0.621. The number of alkyl halides is 3. The molecule has 0 aliphatic heterocycles. The van der Waals surface area contributed by atoms with Crippen molar-refractivity contribution in [3.05, 3.63) is 18.6 Å². The van der Waals surface area contributed by atoms with E-state index in [1.54, 1.807) is 0 Å². The number of carbonyl (C=O) groups is 1. The minimum Gasteiger partial charge on any atom is -0.401 e. The first kappa shape index (κ1) is 9.43. The van der Waals surface area contributed by atoms with Gasteiger partial charge in [0.1, 0.15) is 6.33 Å². The monoisotopic (exact) mass is 192 g/mol. The molecule has 0 aliphatic rings. The predicted molar refractivity (Wildman–Crippen MR) is 33.7 cm³/mol. The molecule has 0 aromatic carbocycles. The van der Waals surface area contributed by atoms with Crippen LogP contribution < -0.4 is 4.74 Å². The van der Waals surface area contributed by atoms with Gasteiger partial charge in [0.05, 0.1) is 0 Å². The number of hydrogen-bond acceptors (Lipinski definition) is 4. The molecule has 7 heteroatoms. The normalized spacial score (nSPS) is 11.0. The van der Waals surface area contributed by atoms with E-state index in [-0.39, 0.29) is 0 Å². The fourth-order valence-electron chi connectivity index (χ4n) is 0.492. The van der Waals surface area contributed by atoms with Crippen LogP contribution in [0.15, 0.2) is 18.6 Å². The van der Waals surface area contributed by atoms with Crippen molar-refractivity contribution in [2.75, 3.05) is 0 Å². The van der Waals surface area contributed by atoms with Crippen molar-refractivity contribution in [1.82, 2.24) is 9.97 Å². The van der Waals surface area contributed by atoms with Crippen molar-refractivity contribution in [2.24, 2.45) is 0 Å². The third kappa shape index (κ3) is 2.69. The Morgan fingerprint density at radius 3 is 2.62 bits per heavy atom. The Bertz CT molecular complexity index is 298. The van der Waals surface area contributed by atoms with Gasteiger partial charge in [-0.2, -0.15) is 13.2 Å². The zero-order valence-electron chi connectivity index (χ0n) is 6.08. The average Bonchev–Trinajstić information content (AvgIpc) is 2.04. The van der Waals surface area contributed by atoms with Gasteiger partial charge in [-0.1, -0.05) is 0 Å². The van der Waals surface area contributed by atoms with Crippen LogP contribution >= 0.6 is 0 Å². The SMILES string of the molecule is O=C(Oc1ccncn1)C(F)(F)F. The third-order valence-electron chi connectivity index (χ3n) is 0.984. The number of halogens is 3. The minimum absolute atomic E-state index is 0.433. The summed E-state index contributed by atoms with van der Waals surface area (Å²) in [5.74, 6) is -2.73. The molecule has 0 amide bonds. The maximum Gasteiger partial charge on any atom is 0.491 e. The molecule has 70 valence electrons. The Morgan fingerprint density at radius 2 is 2.15 bits per heavy atom. The molecule has 4 nitrogen and oxygen atoms in total. The van der Waals surface area contributed by atoms with E-state index in [0.29, 0.717) is 0 Å². The highest BCUT2D eigenvalue weighted by molar-refractivity contribution is 5.77. The highest BCUT2D eigenvalue weighted by Gasteiger charge is 2.41. The fraction of sp³-hybridized carbons (Fsp3) is 0.167. The molecule has 1 aromatic rings. The number of ether oxygens (including phenoxy) is 1. The van der Waals surface area contributed by atoms with Gasteiger partial charge in [0.25, 0.3) is 0 Å². The zero-order valence-corrected chi connectivity index (χ0v) is 6.08. The molecule has 0 atom stereocenters. The lowest BCUT2D eigenvalue weighted by molar-refractivity contribution is -0.190. The van der Waals surface area contributed by atoms with Crippen LogP contribution in [0.5, 0.6) is 5.88 Å². The molecular weight excluding hydrogens is 189 g/mol. The molecule has 0 bridgehead atoms. The van der Waals surface area contributed by atoms with Crippen LogP contribution in [-0.4, -0.2) is 22.1 Å². The molecule has 0 unspecified atom stereocenters. The van der Waals surface area contributed by atoms with E-state index in [0.717, 1.165) is 18.6 Å². The smallest absolute Gasteiger partial charge is 0.401 e. The van der Waals surface area contributed by atoms with E-state index in [9.17, 15) is 18.0 Å².